The normalized spacial score (nSPS) is 29.3. The van der Waals surface area contributed by atoms with Gasteiger partial charge >= 0.3 is 0 Å². The quantitative estimate of drug-likeness (QED) is 0.795. The molecule has 1 aliphatic heterocycles. The largest absolute Gasteiger partial charge is 0.339 e. The van der Waals surface area contributed by atoms with E-state index in [4.69, 9.17) is 5.73 Å². The Morgan fingerprint density at radius 2 is 1.61 bits per heavy atom. The molecule has 2 N–H and O–H groups in total. The number of piperazine rings is 1. The average molecular weight is 251 g/mol. The van der Waals surface area contributed by atoms with E-state index in [0.29, 0.717) is 0 Å². The molecule has 0 aromatic carbocycles. The molecule has 3 fully saturated rings. The van der Waals surface area contributed by atoms with Crippen molar-refractivity contribution in [1.82, 2.24) is 9.80 Å². The van der Waals surface area contributed by atoms with Crippen molar-refractivity contribution in [2.24, 2.45) is 5.73 Å². The van der Waals surface area contributed by atoms with E-state index in [0.717, 1.165) is 51.5 Å². The molecule has 3 aliphatic rings. The lowest BCUT2D eigenvalue weighted by molar-refractivity contribution is -0.142. The minimum absolute atomic E-state index is 0.208. The highest BCUT2D eigenvalue weighted by Crippen LogP contribution is 2.31. The predicted molar refractivity (Wildman–Crippen MR) is 71.2 cm³/mol. The Bertz CT molecular complexity index is 313. The lowest BCUT2D eigenvalue weighted by Crippen LogP contribution is -2.63. The van der Waals surface area contributed by atoms with Crippen LogP contribution < -0.4 is 5.73 Å². The van der Waals surface area contributed by atoms with Gasteiger partial charge in [0.2, 0.25) is 5.91 Å². The summed E-state index contributed by atoms with van der Waals surface area (Å²) in [5.74, 6) is 0.208. The van der Waals surface area contributed by atoms with Crippen molar-refractivity contribution < 1.29 is 4.79 Å². The highest BCUT2D eigenvalue weighted by atomic mass is 16.2. The number of nitrogens with two attached hydrogens (primary N) is 1. The van der Waals surface area contributed by atoms with Crippen LogP contribution in [-0.4, -0.2) is 53.5 Å². The Hall–Kier alpha value is -0.610. The van der Waals surface area contributed by atoms with Gasteiger partial charge in [0.05, 0.1) is 5.54 Å². The van der Waals surface area contributed by atoms with E-state index < -0.39 is 5.54 Å². The van der Waals surface area contributed by atoms with E-state index in [9.17, 15) is 4.79 Å². The van der Waals surface area contributed by atoms with Crippen LogP contribution in [0.2, 0.25) is 0 Å². The second-order valence-corrected chi connectivity index (χ2v) is 6.28. The summed E-state index contributed by atoms with van der Waals surface area (Å²) in [7, 11) is 0. The number of nitrogens with zero attached hydrogens (tertiary/aromatic N) is 2. The van der Waals surface area contributed by atoms with Crippen molar-refractivity contribution in [2.45, 2.75) is 56.5 Å². The van der Waals surface area contributed by atoms with Crippen LogP contribution in [0.1, 0.15) is 44.9 Å². The van der Waals surface area contributed by atoms with Crippen molar-refractivity contribution in [3.05, 3.63) is 0 Å². The SMILES string of the molecule is NC1(C(=O)N2CCN(C3CCCC3)CC2)CCC1. The van der Waals surface area contributed by atoms with Gasteiger partial charge in [0.15, 0.2) is 0 Å². The summed E-state index contributed by atoms with van der Waals surface area (Å²) < 4.78 is 0. The fraction of sp³-hybridized carbons (Fsp3) is 0.929. The van der Waals surface area contributed by atoms with Crippen LogP contribution >= 0.6 is 0 Å². The Morgan fingerprint density at radius 3 is 2.11 bits per heavy atom. The molecule has 1 amide bonds. The standard InChI is InChI=1S/C14H25N3O/c15-14(6-3-7-14)13(18)17-10-8-16(9-11-17)12-4-1-2-5-12/h12H,1-11,15H2. The summed E-state index contributed by atoms with van der Waals surface area (Å²) >= 11 is 0. The highest BCUT2D eigenvalue weighted by Gasteiger charge is 2.43. The van der Waals surface area contributed by atoms with Gasteiger partial charge in [0.25, 0.3) is 0 Å². The third-order valence-electron chi connectivity index (χ3n) is 5.11. The zero-order chi connectivity index (χ0) is 12.6. The minimum atomic E-state index is -0.504. The zero-order valence-electron chi connectivity index (χ0n) is 11.2. The fourth-order valence-electron chi connectivity index (χ4n) is 3.65. The smallest absolute Gasteiger partial charge is 0.242 e. The summed E-state index contributed by atoms with van der Waals surface area (Å²) in [5, 5.41) is 0. The molecule has 0 aromatic rings. The molecule has 0 aromatic heterocycles. The van der Waals surface area contributed by atoms with Crippen molar-refractivity contribution in [1.29, 1.82) is 0 Å². The number of carbonyl (C=O) groups excluding carboxylic acids is 1. The number of hydrogen-bond acceptors (Lipinski definition) is 3. The van der Waals surface area contributed by atoms with Crippen molar-refractivity contribution in [3.8, 4) is 0 Å². The van der Waals surface area contributed by atoms with Crippen LogP contribution in [0.5, 0.6) is 0 Å². The van der Waals surface area contributed by atoms with Gasteiger partial charge in [-0.3, -0.25) is 9.69 Å². The molecular weight excluding hydrogens is 226 g/mol. The van der Waals surface area contributed by atoms with Gasteiger partial charge in [-0.2, -0.15) is 0 Å². The van der Waals surface area contributed by atoms with Crippen molar-refractivity contribution in [3.63, 3.8) is 0 Å². The lowest BCUT2D eigenvalue weighted by atomic mass is 9.76. The van der Waals surface area contributed by atoms with Crippen LogP contribution in [0, 0.1) is 0 Å². The van der Waals surface area contributed by atoms with Gasteiger partial charge in [-0.25, -0.2) is 0 Å². The Kier molecular flexibility index (Phi) is 3.32. The maximum Gasteiger partial charge on any atom is 0.242 e. The summed E-state index contributed by atoms with van der Waals surface area (Å²) in [5.41, 5.74) is 5.62. The topological polar surface area (TPSA) is 49.6 Å². The van der Waals surface area contributed by atoms with E-state index in [2.05, 4.69) is 4.90 Å². The predicted octanol–water partition coefficient (Wildman–Crippen LogP) is 0.955. The first-order valence-corrected chi connectivity index (χ1v) is 7.51. The number of rotatable bonds is 2. The van der Waals surface area contributed by atoms with Crippen LogP contribution in [0.25, 0.3) is 0 Å². The molecule has 2 saturated carbocycles. The average Bonchev–Trinajstić information content (AvgIpc) is 2.89. The van der Waals surface area contributed by atoms with Gasteiger partial charge < -0.3 is 10.6 Å². The van der Waals surface area contributed by atoms with Gasteiger partial charge in [0, 0.05) is 32.2 Å². The molecule has 0 radical (unpaired) electrons. The first kappa shape index (κ1) is 12.4. The molecule has 0 unspecified atom stereocenters. The van der Waals surface area contributed by atoms with E-state index in [1.807, 2.05) is 4.90 Å². The van der Waals surface area contributed by atoms with E-state index in [-0.39, 0.29) is 5.91 Å². The van der Waals surface area contributed by atoms with Crippen LogP contribution in [0.3, 0.4) is 0 Å². The van der Waals surface area contributed by atoms with Gasteiger partial charge in [0.1, 0.15) is 0 Å². The molecule has 18 heavy (non-hydrogen) atoms. The second-order valence-electron chi connectivity index (χ2n) is 6.28. The van der Waals surface area contributed by atoms with Crippen molar-refractivity contribution >= 4 is 5.91 Å². The molecule has 2 aliphatic carbocycles. The molecule has 102 valence electrons. The van der Waals surface area contributed by atoms with Gasteiger partial charge in [-0.15, -0.1) is 0 Å². The Morgan fingerprint density at radius 1 is 1.00 bits per heavy atom. The van der Waals surface area contributed by atoms with Gasteiger partial charge in [-0.05, 0) is 32.1 Å². The summed E-state index contributed by atoms with van der Waals surface area (Å²) in [6.07, 6.45) is 8.36. The summed E-state index contributed by atoms with van der Waals surface area (Å²) in [6.45, 7) is 3.86. The fourth-order valence-corrected chi connectivity index (χ4v) is 3.65. The molecule has 1 saturated heterocycles. The third-order valence-corrected chi connectivity index (χ3v) is 5.11. The van der Waals surface area contributed by atoms with E-state index >= 15 is 0 Å². The van der Waals surface area contributed by atoms with Crippen LogP contribution in [-0.2, 0) is 4.79 Å². The molecular formula is C14H25N3O. The number of carbonyl (C=O) groups is 1. The van der Waals surface area contributed by atoms with E-state index in [1.54, 1.807) is 0 Å². The van der Waals surface area contributed by atoms with Crippen molar-refractivity contribution in [2.75, 3.05) is 26.2 Å². The van der Waals surface area contributed by atoms with Gasteiger partial charge in [-0.1, -0.05) is 12.8 Å². The Balaban J connectivity index is 1.51. The molecule has 0 atom stereocenters. The van der Waals surface area contributed by atoms with Crippen LogP contribution in [0.15, 0.2) is 0 Å². The Labute approximate surface area is 109 Å². The maximum atomic E-state index is 12.3. The molecule has 3 rings (SSSR count). The molecule has 1 heterocycles. The second kappa shape index (κ2) is 4.82. The summed E-state index contributed by atoms with van der Waals surface area (Å²) in [4.78, 5) is 16.9. The first-order chi connectivity index (χ1) is 8.69. The van der Waals surface area contributed by atoms with E-state index in [1.165, 1.54) is 25.7 Å². The molecule has 0 spiro atoms. The highest BCUT2D eigenvalue weighted by molar-refractivity contribution is 5.87. The first-order valence-electron chi connectivity index (χ1n) is 7.51. The number of amides is 1. The van der Waals surface area contributed by atoms with Crippen LogP contribution in [0.4, 0.5) is 0 Å². The monoisotopic (exact) mass is 251 g/mol. The minimum Gasteiger partial charge on any atom is -0.339 e. The molecule has 0 bridgehead atoms. The number of hydrogen-bond donors (Lipinski definition) is 1. The molecule has 4 heteroatoms. The summed E-state index contributed by atoms with van der Waals surface area (Å²) in [6, 6.07) is 0.790. The maximum absolute atomic E-state index is 12.3. The zero-order valence-corrected chi connectivity index (χ0v) is 11.2. The lowest BCUT2D eigenvalue weighted by Gasteiger charge is -2.44. The molecule has 4 nitrogen and oxygen atoms in total. The third kappa shape index (κ3) is 2.16.